The summed E-state index contributed by atoms with van der Waals surface area (Å²) in [7, 11) is 0. The van der Waals surface area contributed by atoms with Gasteiger partial charge in [0.15, 0.2) is 0 Å². The first-order chi connectivity index (χ1) is 12.5. The van der Waals surface area contributed by atoms with Crippen LogP contribution in [0.2, 0.25) is 0 Å². The van der Waals surface area contributed by atoms with Crippen LogP contribution in [0.3, 0.4) is 0 Å². The summed E-state index contributed by atoms with van der Waals surface area (Å²) in [5, 5.41) is 2.90. The van der Waals surface area contributed by atoms with Gasteiger partial charge in [0.05, 0.1) is 19.3 Å². The second kappa shape index (κ2) is 7.88. The summed E-state index contributed by atoms with van der Waals surface area (Å²) in [4.78, 5) is 29.7. The topological polar surface area (TPSA) is 87.6 Å². The van der Waals surface area contributed by atoms with Gasteiger partial charge in [0.2, 0.25) is 0 Å². The second-order valence-corrected chi connectivity index (χ2v) is 6.66. The van der Waals surface area contributed by atoms with Crippen molar-refractivity contribution in [3.05, 3.63) is 56.9 Å². The number of carbonyl (C=O) groups is 1. The second-order valence-electron chi connectivity index (χ2n) is 6.66. The van der Waals surface area contributed by atoms with Crippen molar-refractivity contribution in [3.8, 4) is 0 Å². The molecule has 0 aliphatic carbocycles. The van der Waals surface area contributed by atoms with Crippen molar-refractivity contribution in [2.75, 3.05) is 32.8 Å². The van der Waals surface area contributed by atoms with E-state index >= 15 is 0 Å². The maximum atomic E-state index is 12.6. The molecule has 3 rings (SSSR count). The molecule has 0 saturated carbocycles. The average molecular weight is 359 g/mol. The van der Waals surface area contributed by atoms with Crippen LogP contribution >= 0.6 is 0 Å². The molecule has 1 amide bonds. The smallest absolute Gasteiger partial charge is 0.261 e. The minimum atomic E-state index is -0.370. The van der Waals surface area contributed by atoms with Gasteiger partial charge in [-0.05, 0) is 44.5 Å². The number of hydrogen-bond donors (Lipinski definition) is 2. The van der Waals surface area contributed by atoms with E-state index in [9.17, 15) is 9.59 Å². The summed E-state index contributed by atoms with van der Waals surface area (Å²) in [5.41, 5.74) is 1.20. The molecule has 0 unspecified atom stereocenters. The van der Waals surface area contributed by atoms with Crippen molar-refractivity contribution in [3.63, 3.8) is 0 Å². The number of furan rings is 1. The van der Waals surface area contributed by atoms with E-state index in [0.717, 1.165) is 30.3 Å². The van der Waals surface area contributed by atoms with Crippen LogP contribution in [0.25, 0.3) is 0 Å². The number of nitrogens with one attached hydrogen (secondary N) is 2. The Morgan fingerprint density at radius 3 is 2.62 bits per heavy atom. The molecule has 1 atom stereocenters. The third-order valence-electron chi connectivity index (χ3n) is 4.62. The maximum Gasteiger partial charge on any atom is 0.261 e. The molecule has 0 radical (unpaired) electrons. The molecule has 2 N–H and O–H groups in total. The van der Waals surface area contributed by atoms with Gasteiger partial charge in [-0.1, -0.05) is 0 Å². The van der Waals surface area contributed by atoms with Crippen molar-refractivity contribution in [1.29, 1.82) is 0 Å². The Bertz CT molecular complexity index is 834. The third kappa shape index (κ3) is 4.05. The molecule has 1 aliphatic rings. The number of carbonyl (C=O) groups excluding carboxylic acids is 1. The van der Waals surface area contributed by atoms with Crippen LogP contribution in [0, 0.1) is 20.8 Å². The Morgan fingerprint density at radius 2 is 2.00 bits per heavy atom. The summed E-state index contributed by atoms with van der Waals surface area (Å²) in [6.07, 6.45) is 0. The number of aromatic nitrogens is 1. The number of hydrogen-bond acceptors (Lipinski definition) is 5. The summed E-state index contributed by atoms with van der Waals surface area (Å²) < 4.78 is 11.2. The molecule has 2 aromatic rings. The van der Waals surface area contributed by atoms with Gasteiger partial charge in [-0.3, -0.25) is 14.5 Å². The molecule has 1 aliphatic heterocycles. The van der Waals surface area contributed by atoms with Crippen molar-refractivity contribution < 1.29 is 13.9 Å². The van der Waals surface area contributed by atoms with Gasteiger partial charge in [0, 0.05) is 25.3 Å². The minimum absolute atomic E-state index is 0.0959. The zero-order chi connectivity index (χ0) is 18.7. The molecular formula is C19H25N3O4. The van der Waals surface area contributed by atoms with Gasteiger partial charge in [-0.25, -0.2) is 0 Å². The maximum absolute atomic E-state index is 12.6. The lowest BCUT2D eigenvalue weighted by Gasteiger charge is -2.33. The van der Waals surface area contributed by atoms with E-state index in [0.29, 0.717) is 25.3 Å². The Morgan fingerprint density at radius 1 is 1.27 bits per heavy atom. The predicted molar refractivity (Wildman–Crippen MR) is 97.4 cm³/mol. The molecule has 0 spiro atoms. The van der Waals surface area contributed by atoms with Gasteiger partial charge >= 0.3 is 0 Å². The van der Waals surface area contributed by atoms with Crippen LogP contribution < -0.4 is 10.9 Å². The molecule has 7 nitrogen and oxygen atoms in total. The van der Waals surface area contributed by atoms with Crippen LogP contribution in [0.4, 0.5) is 0 Å². The minimum Gasteiger partial charge on any atom is -0.465 e. The zero-order valence-corrected chi connectivity index (χ0v) is 15.4. The molecular weight excluding hydrogens is 334 g/mol. The highest BCUT2D eigenvalue weighted by atomic mass is 16.5. The summed E-state index contributed by atoms with van der Waals surface area (Å²) >= 11 is 0. The van der Waals surface area contributed by atoms with Crippen molar-refractivity contribution in [2.24, 2.45) is 0 Å². The highest BCUT2D eigenvalue weighted by Gasteiger charge is 2.26. The number of rotatable bonds is 5. The van der Waals surface area contributed by atoms with Crippen LogP contribution in [0.5, 0.6) is 0 Å². The molecule has 140 valence electrons. The summed E-state index contributed by atoms with van der Waals surface area (Å²) in [5.74, 6) is 1.26. The van der Waals surface area contributed by atoms with Crippen LogP contribution in [-0.4, -0.2) is 48.6 Å². The summed E-state index contributed by atoms with van der Waals surface area (Å²) in [6.45, 7) is 8.67. The van der Waals surface area contributed by atoms with Crippen LogP contribution in [0.1, 0.15) is 39.2 Å². The number of nitrogens with zero attached hydrogens (tertiary/aromatic N) is 1. The van der Waals surface area contributed by atoms with E-state index in [2.05, 4.69) is 15.2 Å². The van der Waals surface area contributed by atoms with Gasteiger partial charge in [-0.2, -0.15) is 0 Å². The first-order valence-corrected chi connectivity index (χ1v) is 8.82. The van der Waals surface area contributed by atoms with Crippen molar-refractivity contribution in [1.82, 2.24) is 15.2 Å². The molecule has 2 aromatic heterocycles. The summed E-state index contributed by atoms with van der Waals surface area (Å²) in [6, 6.07) is 5.55. The van der Waals surface area contributed by atoms with Gasteiger partial charge in [0.1, 0.15) is 17.1 Å². The molecule has 26 heavy (non-hydrogen) atoms. The lowest BCUT2D eigenvalue weighted by Crippen LogP contribution is -2.44. The van der Waals surface area contributed by atoms with Crippen molar-refractivity contribution in [2.45, 2.75) is 26.8 Å². The highest BCUT2D eigenvalue weighted by Crippen LogP contribution is 2.23. The number of amides is 1. The Balaban J connectivity index is 1.77. The molecule has 1 saturated heterocycles. The number of aryl methyl sites for hydroxylation is 3. The van der Waals surface area contributed by atoms with Gasteiger partial charge in [0.25, 0.3) is 11.5 Å². The van der Waals surface area contributed by atoms with E-state index in [4.69, 9.17) is 9.15 Å². The fourth-order valence-electron chi connectivity index (χ4n) is 3.34. The molecule has 7 heteroatoms. The number of morpholine rings is 1. The van der Waals surface area contributed by atoms with E-state index in [1.54, 1.807) is 19.9 Å². The standard InChI is InChI=1S/C19H25N3O4/c1-12-10-13(2)21-19(24)17(12)18(23)20-11-15(16-5-4-14(3)26-16)22-6-8-25-9-7-22/h4-5,10,15H,6-9,11H2,1-3H3,(H,20,23)(H,21,24)/t15-/m1/s1. The van der Waals surface area contributed by atoms with E-state index < -0.39 is 0 Å². The largest absolute Gasteiger partial charge is 0.465 e. The van der Waals surface area contributed by atoms with E-state index in [-0.39, 0.29) is 23.1 Å². The number of aromatic amines is 1. The first kappa shape index (κ1) is 18.4. The fourth-order valence-corrected chi connectivity index (χ4v) is 3.34. The highest BCUT2D eigenvalue weighted by molar-refractivity contribution is 5.95. The van der Waals surface area contributed by atoms with Gasteiger partial charge < -0.3 is 19.5 Å². The molecule has 0 aromatic carbocycles. The van der Waals surface area contributed by atoms with Gasteiger partial charge in [-0.15, -0.1) is 0 Å². The number of H-pyrrole nitrogens is 1. The first-order valence-electron chi connectivity index (χ1n) is 8.82. The van der Waals surface area contributed by atoms with E-state index in [1.165, 1.54) is 0 Å². The Kier molecular flexibility index (Phi) is 5.58. The average Bonchev–Trinajstić information content (AvgIpc) is 3.01. The quantitative estimate of drug-likeness (QED) is 0.848. The number of ether oxygens (including phenoxy) is 1. The SMILES string of the molecule is Cc1cc(C)c(C(=O)NC[C@H](c2ccc(C)o2)N2CCOCC2)c(=O)[nH]1. The van der Waals surface area contributed by atoms with Crippen LogP contribution in [-0.2, 0) is 4.74 Å². The lowest BCUT2D eigenvalue weighted by molar-refractivity contribution is 0.0117. The number of pyridine rings is 1. The molecule has 3 heterocycles. The zero-order valence-electron chi connectivity index (χ0n) is 15.4. The predicted octanol–water partition coefficient (Wildman–Crippen LogP) is 1.70. The lowest BCUT2D eigenvalue weighted by atomic mass is 10.1. The molecule has 1 fully saturated rings. The normalized spacial score (nSPS) is 16.4. The Hall–Kier alpha value is -2.38. The monoisotopic (exact) mass is 359 g/mol. The van der Waals surface area contributed by atoms with Crippen LogP contribution in [0.15, 0.2) is 27.4 Å². The van der Waals surface area contributed by atoms with Crippen molar-refractivity contribution >= 4 is 5.91 Å². The molecule has 0 bridgehead atoms. The Labute approximate surface area is 152 Å². The third-order valence-corrected chi connectivity index (χ3v) is 4.62. The fraction of sp³-hybridized carbons (Fsp3) is 0.474. The van der Waals surface area contributed by atoms with E-state index in [1.807, 2.05) is 19.1 Å².